The highest BCUT2D eigenvalue weighted by Gasteiger charge is 2.53. The number of aromatic hydroxyl groups is 1. The molecule has 0 amide bonds. The minimum Gasteiger partial charge on any atom is -0.507 e. The monoisotopic (exact) mass is 576 g/mol. The second-order valence-electron chi connectivity index (χ2n) is 9.09. The SMILES string of the molecule is CC(=O)OC[C@H]1O[C@@H](Oc2ccc(C(=O)Cc3ccc(F)cc3)c(O)c2)[C@@H](OC(C)=O)[C@H](OC(C)=O)[C@@H]1OC(C)=O. The molecule has 41 heavy (non-hydrogen) atoms. The van der Waals surface area contributed by atoms with E-state index in [0.29, 0.717) is 5.56 Å². The summed E-state index contributed by atoms with van der Waals surface area (Å²) in [5, 5.41) is 10.6. The summed E-state index contributed by atoms with van der Waals surface area (Å²) in [6.45, 7) is 3.96. The van der Waals surface area contributed by atoms with Gasteiger partial charge >= 0.3 is 23.9 Å². The van der Waals surface area contributed by atoms with Crippen molar-refractivity contribution in [2.75, 3.05) is 6.61 Å². The number of Topliss-reactive ketones (excluding diaryl/α,β-unsaturated/α-hetero) is 1. The summed E-state index contributed by atoms with van der Waals surface area (Å²) in [7, 11) is 0. The molecule has 220 valence electrons. The molecule has 1 aliphatic heterocycles. The minimum atomic E-state index is -1.52. The van der Waals surface area contributed by atoms with Gasteiger partial charge in [-0.15, -0.1) is 0 Å². The molecule has 2 aromatic carbocycles. The van der Waals surface area contributed by atoms with Crippen molar-refractivity contribution in [3.05, 3.63) is 59.4 Å². The molecule has 0 radical (unpaired) electrons. The molecule has 1 fully saturated rings. The van der Waals surface area contributed by atoms with Crippen LogP contribution in [0.25, 0.3) is 0 Å². The number of hydrogen-bond donors (Lipinski definition) is 1. The fourth-order valence-corrected chi connectivity index (χ4v) is 4.12. The summed E-state index contributed by atoms with van der Waals surface area (Å²) in [5.41, 5.74) is 0.497. The summed E-state index contributed by atoms with van der Waals surface area (Å²) in [4.78, 5) is 60.0. The standard InChI is InChI=1S/C28H29FO12/c1-14(30)36-13-24-25(37-15(2)31)26(38-16(3)32)27(39-17(4)33)28(41-24)40-20-9-10-21(23(35)12-20)22(34)11-18-5-7-19(29)8-6-18/h5-10,12,24-28,35H,11,13H2,1-4H3/t24-,25-,26-,27+,28-/m1/s1. The highest BCUT2D eigenvalue weighted by Crippen LogP contribution is 2.33. The molecule has 0 bridgehead atoms. The fraction of sp³-hybridized carbons (Fsp3) is 0.393. The Bertz CT molecular complexity index is 1290. The Morgan fingerprint density at radius 3 is 1.95 bits per heavy atom. The van der Waals surface area contributed by atoms with Crippen molar-refractivity contribution in [1.82, 2.24) is 0 Å². The summed E-state index contributed by atoms with van der Waals surface area (Å²) < 4.78 is 45.9. The normalized spacial score (nSPS) is 21.7. The van der Waals surface area contributed by atoms with Crippen LogP contribution in [0.2, 0.25) is 0 Å². The number of benzene rings is 2. The van der Waals surface area contributed by atoms with E-state index in [-0.39, 0.29) is 17.7 Å². The summed E-state index contributed by atoms with van der Waals surface area (Å²) >= 11 is 0. The number of esters is 4. The van der Waals surface area contributed by atoms with Gasteiger partial charge in [-0.2, -0.15) is 0 Å². The van der Waals surface area contributed by atoms with Gasteiger partial charge in [0.15, 0.2) is 18.0 Å². The molecule has 1 aliphatic rings. The van der Waals surface area contributed by atoms with E-state index < -0.39 is 78.5 Å². The maximum Gasteiger partial charge on any atom is 0.303 e. The van der Waals surface area contributed by atoms with Crippen molar-refractivity contribution in [3.63, 3.8) is 0 Å². The first-order valence-electron chi connectivity index (χ1n) is 12.4. The Kier molecular flexibility index (Phi) is 10.4. The third-order valence-electron chi connectivity index (χ3n) is 5.75. The van der Waals surface area contributed by atoms with E-state index in [4.69, 9.17) is 28.4 Å². The molecule has 0 spiro atoms. The number of phenolic OH excluding ortho intramolecular Hbond substituents is 1. The van der Waals surface area contributed by atoms with E-state index in [0.717, 1.165) is 33.8 Å². The van der Waals surface area contributed by atoms with Crippen LogP contribution in [0.4, 0.5) is 4.39 Å². The topological polar surface area (TPSA) is 161 Å². The zero-order chi connectivity index (χ0) is 30.3. The Morgan fingerprint density at radius 1 is 0.805 bits per heavy atom. The fourth-order valence-electron chi connectivity index (χ4n) is 4.12. The quantitative estimate of drug-likeness (QED) is 0.250. The number of carbonyl (C=O) groups is 5. The number of carbonyl (C=O) groups excluding carboxylic acids is 5. The van der Waals surface area contributed by atoms with Gasteiger partial charge in [-0.25, -0.2) is 4.39 Å². The molecule has 13 heteroatoms. The third kappa shape index (κ3) is 8.73. The lowest BCUT2D eigenvalue weighted by molar-refractivity contribution is -0.288. The predicted octanol–water partition coefficient (Wildman–Crippen LogP) is 2.42. The molecule has 0 saturated carbocycles. The number of ketones is 1. The molecule has 5 atom stereocenters. The Balaban J connectivity index is 1.90. The molecule has 12 nitrogen and oxygen atoms in total. The van der Waals surface area contributed by atoms with Gasteiger partial charge in [0.2, 0.25) is 12.4 Å². The molecule has 1 heterocycles. The molecule has 0 aliphatic carbocycles. The smallest absolute Gasteiger partial charge is 0.303 e. The van der Waals surface area contributed by atoms with Crippen LogP contribution in [0.3, 0.4) is 0 Å². The molecule has 2 aromatic rings. The summed E-state index contributed by atoms with van der Waals surface area (Å²) in [6, 6.07) is 9.08. The first-order chi connectivity index (χ1) is 19.3. The Labute approximate surface area is 234 Å². The van der Waals surface area contributed by atoms with Gasteiger partial charge in [-0.1, -0.05) is 12.1 Å². The Hall–Kier alpha value is -4.52. The minimum absolute atomic E-state index is 0.0387. The third-order valence-corrected chi connectivity index (χ3v) is 5.75. The zero-order valence-corrected chi connectivity index (χ0v) is 22.7. The van der Waals surface area contributed by atoms with Crippen LogP contribution < -0.4 is 4.74 Å². The maximum atomic E-state index is 13.2. The first kappa shape index (κ1) is 31.0. The molecular formula is C28H29FO12. The highest BCUT2D eigenvalue weighted by atomic mass is 19.1. The second kappa shape index (κ2) is 13.7. The van der Waals surface area contributed by atoms with Gasteiger partial charge in [0.25, 0.3) is 0 Å². The van der Waals surface area contributed by atoms with Crippen molar-refractivity contribution in [2.24, 2.45) is 0 Å². The average Bonchev–Trinajstić information content (AvgIpc) is 2.87. The molecule has 1 N–H and O–H groups in total. The van der Waals surface area contributed by atoms with Gasteiger partial charge in [0, 0.05) is 40.2 Å². The summed E-state index contributed by atoms with van der Waals surface area (Å²) in [5.74, 6) is -4.46. The van der Waals surface area contributed by atoms with Crippen LogP contribution in [0.1, 0.15) is 43.6 Å². The van der Waals surface area contributed by atoms with E-state index in [2.05, 4.69) is 0 Å². The van der Waals surface area contributed by atoms with E-state index in [1.165, 1.54) is 36.4 Å². The van der Waals surface area contributed by atoms with Crippen LogP contribution in [-0.2, 0) is 49.3 Å². The number of rotatable bonds is 10. The van der Waals surface area contributed by atoms with Crippen LogP contribution in [0.5, 0.6) is 11.5 Å². The van der Waals surface area contributed by atoms with E-state index in [1.54, 1.807) is 0 Å². The van der Waals surface area contributed by atoms with Crippen molar-refractivity contribution in [1.29, 1.82) is 0 Å². The highest BCUT2D eigenvalue weighted by molar-refractivity contribution is 6.00. The molecule has 3 rings (SSSR count). The van der Waals surface area contributed by atoms with E-state index in [1.807, 2.05) is 0 Å². The van der Waals surface area contributed by atoms with E-state index in [9.17, 15) is 33.5 Å². The molecular weight excluding hydrogens is 547 g/mol. The van der Waals surface area contributed by atoms with Gasteiger partial charge < -0.3 is 33.5 Å². The lowest BCUT2D eigenvalue weighted by Gasteiger charge is -2.43. The number of halogens is 1. The van der Waals surface area contributed by atoms with Crippen LogP contribution in [-0.4, -0.2) is 72.1 Å². The van der Waals surface area contributed by atoms with Crippen molar-refractivity contribution in [2.45, 2.75) is 64.8 Å². The van der Waals surface area contributed by atoms with Gasteiger partial charge in [0.05, 0.1) is 5.56 Å². The number of hydrogen-bond acceptors (Lipinski definition) is 12. The van der Waals surface area contributed by atoms with Crippen LogP contribution in [0.15, 0.2) is 42.5 Å². The van der Waals surface area contributed by atoms with Gasteiger partial charge in [-0.3, -0.25) is 24.0 Å². The molecule has 1 saturated heterocycles. The first-order valence-corrected chi connectivity index (χ1v) is 12.4. The van der Waals surface area contributed by atoms with Crippen molar-refractivity contribution < 1.29 is 61.9 Å². The lowest BCUT2D eigenvalue weighted by Crippen LogP contribution is -2.63. The van der Waals surface area contributed by atoms with Crippen molar-refractivity contribution in [3.8, 4) is 11.5 Å². The molecule has 0 aromatic heterocycles. The number of phenols is 1. The van der Waals surface area contributed by atoms with Crippen molar-refractivity contribution >= 4 is 29.7 Å². The summed E-state index contributed by atoms with van der Waals surface area (Å²) in [6.07, 6.45) is -7.13. The molecule has 0 unspecified atom stereocenters. The van der Waals surface area contributed by atoms with Crippen LogP contribution >= 0.6 is 0 Å². The average molecular weight is 577 g/mol. The van der Waals surface area contributed by atoms with E-state index >= 15 is 0 Å². The zero-order valence-electron chi connectivity index (χ0n) is 22.7. The second-order valence-corrected chi connectivity index (χ2v) is 9.09. The largest absolute Gasteiger partial charge is 0.507 e. The maximum absolute atomic E-state index is 13.2. The van der Waals surface area contributed by atoms with Crippen LogP contribution in [0, 0.1) is 5.82 Å². The lowest BCUT2D eigenvalue weighted by atomic mass is 9.98. The Morgan fingerprint density at radius 2 is 1.39 bits per heavy atom. The number of ether oxygens (including phenoxy) is 6. The predicted molar refractivity (Wildman–Crippen MR) is 135 cm³/mol. The van der Waals surface area contributed by atoms with Gasteiger partial charge in [0.1, 0.15) is 30.0 Å². The van der Waals surface area contributed by atoms with Gasteiger partial charge in [-0.05, 0) is 29.8 Å².